The molecule has 0 bridgehead atoms. The van der Waals surface area contributed by atoms with Gasteiger partial charge >= 0.3 is 0 Å². The van der Waals surface area contributed by atoms with Gasteiger partial charge in [-0.3, -0.25) is 9.36 Å². The van der Waals surface area contributed by atoms with Crippen LogP contribution in [0, 0.1) is 0 Å². The van der Waals surface area contributed by atoms with Crippen molar-refractivity contribution in [3.05, 3.63) is 63.6 Å². The maximum Gasteiger partial charge on any atom is 0.264 e. The van der Waals surface area contributed by atoms with E-state index < -0.39 is 5.97 Å². The Morgan fingerprint density at radius 1 is 1.15 bits per heavy atom. The highest BCUT2D eigenvalue weighted by Crippen LogP contribution is 2.24. The molecule has 0 unspecified atom stereocenters. The second-order valence-corrected chi connectivity index (χ2v) is 7.55. The van der Waals surface area contributed by atoms with Crippen LogP contribution in [0.5, 0.6) is 0 Å². The summed E-state index contributed by atoms with van der Waals surface area (Å²) in [4.78, 5) is 33.3. The number of pyridine rings is 1. The number of carbonyl (C=O) groups excluding carboxylic acids is 1. The number of rotatable bonds is 5. The highest BCUT2D eigenvalue weighted by molar-refractivity contribution is 7.99. The predicted molar refractivity (Wildman–Crippen MR) is 102 cm³/mol. The number of carbonyl (C=O) groups is 1. The SMILES string of the molecule is O=C([O-])CSc1nc2nc3c(cc2c(=O)n1Cc1ccccc1)CCCC3. The lowest BCUT2D eigenvalue weighted by Gasteiger charge is -2.17. The summed E-state index contributed by atoms with van der Waals surface area (Å²) in [5.41, 5.74) is 3.27. The Hall–Kier alpha value is -2.67. The number of aryl methyl sites for hydroxylation is 2. The van der Waals surface area contributed by atoms with Crippen LogP contribution < -0.4 is 10.7 Å². The fourth-order valence-corrected chi connectivity index (χ4v) is 4.09. The number of thioether (sulfide) groups is 1. The second-order valence-electron chi connectivity index (χ2n) is 6.60. The van der Waals surface area contributed by atoms with Crippen molar-refractivity contribution in [2.45, 2.75) is 37.4 Å². The summed E-state index contributed by atoms with van der Waals surface area (Å²) in [6.45, 7) is 0.328. The minimum absolute atomic E-state index is 0.189. The van der Waals surface area contributed by atoms with Gasteiger partial charge in [0, 0.05) is 11.4 Å². The molecule has 0 radical (unpaired) electrons. The lowest BCUT2D eigenvalue weighted by Crippen LogP contribution is -2.27. The summed E-state index contributed by atoms with van der Waals surface area (Å²) in [7, 11) is 0. The van der Waals surface area contributed by atoms with Gasteiger partial charge in [0.1, 0.15) is 0 Å². The molecule has 1 aromatic carbocycles. The van der Waals surface area contributed by atoms with Crippen molar-refractivity contribution in [3.63, 3.8) is 0 Å². The van der Waals surface area contributed by atoms with Crippen LogP contribution in [0.2, 0.25) is 0 Å². The third kappa shape index (κ3) is 3.73. The molecule has 2 aromatic heterocycles. The van der Waals surface area contributed by atoms with Crippen molar-refractivity contribution in [3.8, 4) is 0 Å². The summed E-state index contributed by atoms with van der Waals surface area (Å²) < 4.78 is 1.53. The smallest absolute Gasteiger partial charge is 0.264 e. The summed E-state index contributed by atoms with van der Waals surface area (Å²) in [6.07, 6.45) is 4.01. The van der Waals surface area contributed by atoms with Crippen molar-refractivity contribution >= 4 is 28.8 Å². The summed E-state index contributed by atoms with van der Waals surface area (Å²) in [5, 5.41) is 11.8. The largest absolute Gasteiger partial charge is 0.549 e. The highest BCUT2D eigenvalue weighted by atomic mass is 32.2. The van der Waals surface area contributed by atoms with Crippen molar-refractivity contribution < 1.29 is 9.90 Å². The zero-order valence-electron chi connectivity index (χ0n) is 14.7. The molecule has 138 valence electrons. The Morgan fingerprint density at radius 3 is 2.70 bits per heavy atom. The Morgan fingerprint density at radius 2 is 1.93 bits per heavy atom. The van der Waals surface area contributed by atoms with Gasteiger partial charge in [0.15, 0.2) is 10.8 Å². The molecule has 27 heavy (non-hydrogen) atoms. The van der Waals surface area contributed by atoms with Gasteiger partial charge in [-0.05, 0) is 42.9 Å². The Balaban J connectivity index is 1.86. The van der Waals surface area contributed by atoms with Crippen LogP contribution >= 0.6 is 11.8 Å². The third-order valence-corrected chi connectivity index (χ3v) is 5.64. The molecule has 0 fully saturated rings. The van der Waals surface area contributed by atoms with Gasteiger partial charge < -0.3 is 9.90 Å². The van der Waals surface area contributed by atoms with Crippen molar-refractivity contribution in [2.24, 2.45) is 0 Å². The molecule has 0 atom stereocenters. The molecule has 0 N–H and O–H groups in total. The monoisotopic (exact) mass is 380 g/mol. The van der Waals surface area contributed by atoms with Gasteiger partial charge in [0.25, 0.3) is 5.56 Å². The topological polar surface area (TPSA) is 87.9 Å². The molecular formula is C20H18N3O3S-. The van der Waals surface area contributed by atoms with Crippen LogP contribution in [-0.4, -0.2) is 26.3 Å². The molecule has 4 rings (SSSR count). The first kappa shape index (κ1) is 17.7. The van der Waals surface area contributed by atoms with Gasteiger partial charge in [0.2, 0.25) is 0 Å². The zero-order valence-corrected chi connectivity index (χ0v) is 15.5. The average molecular weight is 380 g/mol. The molecule has 2 heterocycles. The maximum absolute atomic E-state index is 13.2. The number of carboxylic acids is 1. The zero-order chi connectivity index (χ0) is 18.8. The average Bonchev–Trinajstić information content (AvgIpc) is 2.68. The first-order valence-corrected chi connectivity index (χ1v) is 9.90. The summed E-state index contributed by atoms with van der Waals surface area (Å²) in [6, 6.07) is 11.5. The van der Waals surface area contributed by atoms with Crippen LogP contribution in [-0.2, 0) is 24.2 Å². The lowest BCUT2D eigenvalue weighted by molar-refractivity contribution is -0.301. The van der Waals surface area contributed by atoms with E-state index in [9.17, 15) is 14.7 Å². The van der Waals surface area contributed by atoms with Gasteiger partial charge in [0.05, 0.1) is 17.9 Å². The van der Waals surface area contributed by atoms with E-state index in [1.54, 1.807) is 0 Å². The number of aliphatic carboxylic acids is 1. The molecule has 1 aliphatic carbocycles. The van der Waals surface area contributed by atoms with E-state index >= 15 is 0 Å². The number of nitrogens with zero attached hydrogens (tertiary/aromatic N) is 3. The van der Waals surface area contributed by atoms with Gasteiger partial charge in [-0.2, -0.15) is 0 Å². The second kappa shape index (κ2) is 7.52. The molecule has 0 saturated heterocycles. The molecule has 6 nitrogen and oxygen atoms in total. The standard InChI is InChI=1S/C20H19N3O3S/c24-17(25)12-27-20-22-18-15(10-14-8-4-5-9-16(14)21-18)19(26)23(20)11-13-6-2-1-3-7-13/h1-3,6-7,10H,4-5,8-9,11-12H2,(H,24,25)/p-1. The van der Waals surface area contributed by atoms with Crippen LogP contribution in [0.1, 0.15) is 29.7 Å². The van der Waals surface area contributed by atoms with Gasteiger partial charge in [-0.1, -0.05) is 42.1 Å². The van der Waals surface area contributed by atoms with E-state index in [2.05, 4.69) is 9.97 Å². The van der Waals surface area contributed by atoms with E-state index in [0.29, 0.717) is 22.7 Å². The number of hydrogen-bond acceptors (Lipinski definition) is 6. The maximum atomic E-state index is 13.2. The summed E-state index contributed by atoms with van der Waals surface area (Å²) in [5.74, 6) is -1.46. The molecule has 0 spiro atoms. The van der Waals surface area contributed by atoms with E-state index in [1.165, 1.54) is 4.57 Å². The van der Waals surface area contributed by atoms with E-state index in [4.69, 9.17) is 0 Å². The number of aromatic nitrogens is 3. The minimum atomic E-state index is -1.20. The molecule has 0 amide bonds. The molecule has 0 aliphatic heterocycles. The number of fused-ring (bicyclic) bond motifs is 2. The van der Waals surface area contributed by atoms with E-state index in [-0.39, 0.29) is 11.3 Å². The Bertz CT molecular complexity index is 1060. The predicted octanol–water partition coefficient (Wildman–Crippen LogP) is 1.56. The van der Waals surface area contributed by atoms with Gasteiger partial charge in [-0.25, -0.2) is 9.97 Å². The lowest BCUT2D eigenvalue weighted by atomic mass is 9.95. The summed E-state index contributed by atoms with van der Waals surface area (Å²) >= 11 is 0.991. The molecule has 7 heteroatoms. The third-order valence-electron chi connectivity index (χ3n) is 4.69. The van der Waals surface area contributed by atoms with Gasteiger partial charge in [-0.15, -0.1) is 0 Å². The van der Waals surface area contributed by atoms with Crippen molar-refractivity contribution in [2.75, 3.05) is 5.75 Å². The number of hydrogen-bond donors (Lipinski definition) is 0. The van der Waals surface area contributed by atoms with Crippen LogP contribution in [0.15, 0.2) is 46.3 Å². The number of carboxylic acid groups (broad SMARTS) is 1. The Labute approximate surface area is 160 Å². The molecule has 0 saturated carbocycles. The highest BCUT2D eigenvalue weighted by Gasteiger charge is 2.18. The molecule has 3 aromatic rings. The first-order valence-electron chi connectivity index (χ1n) is 8.92. The minimum Gasteiger partial charge on any atom is -0.549 e. The first-order chi connectivity index (χ1) is 13.1. The van der Waals surface area contributed by atoms with Crippen LogP contribution in [0.25, 0.3) is 11.0 Å². The fourth-order valence-electron chi connectivity index (χ4n) is 3.39. The van der Waals surface area contributed by atoms with E-state index in [1.807, 2.05) is 36.4 Å². The van der Waals surface area contributed by atoms with Crippen LogP contribution in [0.3, 0.4) is 0 Å². The quantitative estimate of drug-likeness (QED) is 0.493. The molecular weight excluding hydrogens is 362 g/mol. The van der Waals surface area contributed by atoms with E-state index in [0.717, 1.165) is 54.3 Å². The molecule has 1 aliphatic rings. The number of benzene rings is 1. The Kier molecular flexibility index (Phi) is 4.94. The normalized spacial score (nSPS) is 13.5. The van der Waals surface area contributed by atoms with Crippen molar-refractivity contribution in [1.82, 2.24) is 14.5 Å². The van der Waals surface area contributed by atoms with Crippen LogP contribution in [0.4, 0.5) is 0 Å². The fraction of sp³-hybridized carbons (Fsp3) is 0.300. The van der Waals surface area contributed by atoms with Crippen molar-refractivity contribution in [1.29, 1.82) is 0 Å².